The number of aryl methyl sites for hydroxylation is 3. The van der Waals surface area contributed by atoms with Gasteiger partial charge < -0.3 is 14.2 Å². The Hall–Kier alpha value is -1.06. The van der Waals surface area contributed by atoms with E-state index in [1.54, 1.807) is 0 Å². The lowest BCUT2D eigenvalue weighted by atomic mass is 10.1. The molecule has 0 N–H and O–H groups in total. The van der Waals surface area contributed by atoms with Gasteiger partial charge in [-0.15, -0.1) is 0 Å². The third-order valence-corrected chi connectivity index (χ3v) is 3.34. The Bertz CT molecular complexity index is 456. The summed E-state index contributed by atoms with van der Waals surface area (Å²) in [7, 11) is 0. The average molecular weight is 264 g/mol. The summed E-state index contributed by atoms with van der Waals surface area (Å²) in [4.78, 5) is 0. The van der Waals surface area contributed by atoms with Crippen molar-refractivity contribution in [1.82, 2.24) is 0 Å². The van der Waals surface area contributed by atoms with Gasteiger partial charge in [-0.05, 0) is 52.7 Å². The number of hydrogen-bond acceptors (Lipinski definition) is 3. The summed E-state index contributed by atoms with van der Waals surface area (Å²) in [6.45, 7) is 13.2. The number of rotatable bonds is 3. The van der Waals surface area contributed by atoms with Gasteiger partial charge in [0.15, 0.2) is 5.79 Å². The highest BCUT2D eigenvalue weighted by Crippen LogP contribution is 2.32. The van der Waals surface area contributed by atoms with Crippen molar-refractivity contribution < 1.29 is 14.2 Å². The molecule has 1 atom stereocenters. The lowest BCUT2D eigenvalue weighted by molar-refractivity contribution is -0.162. The molecule has 3 nitrogen and oxygen atoms in total. The van der Waals surface area contributed by atoms with Crippen LogP contribution in [0, 0.1) is 20.8 Å². The summed E-state index contributed by atoms with van der Waals surface area (Å²) in [5.74, 6) is 0.440. The van der Waals surface area contributed by atoms with Gasteiger partial charge in [0, 0.05) is 0 Å². The molecular formula is C16H24O3. The van der Waals surface area contributed by atoms with Crippen molar-refractivity contribution in [3.05, 3.63) is 28.8 Å². The van der Waals surface area contributed by atoms with E-state index in [0.29, 0.717) is 13.2 Å². The second kappa shape index (κ2) is 4.80. The molecular weight excluding hydrogens is 240 g/mol. The normalized spacial score (nSPS) is 25.6. The molecule has 0 aromatic heterocycles. The molecule has 1 saturated heterocycles. The second-order valence-electron chi connectivity index (χ2n) is 6.26. The Morgan fingerprint density at radius 1 is 1.11 bits per heavy atom. The Balaban J connectivity index is 2.08. The summed E-state index contributed by atoms with van der Waals surface area (Å²) in [5, 5.41) is 0. The first-order chi connectivity index (χ1) is 8.71. The minimum absolute atomic E-state index is 0.382. The minimum atomic E-state index is -0.518. The van der Waals surface area contributed by atoms with Crippen LogP contribution < -0.4 is 4.74 Å². The highest BCUT2D eigenvalue weighted by molar-refractivity contribution is 5.43. The third-order valence-electron chi connectivity index (χ3n) is 3.34. The van der Waals surface area contributed by atoms with Gasteiger partial charge >= 0.3 is 0 Å². The molecule has 0 radical (unpaired) electrons. The highest BCUT2D eigenvalue weighted by atomic mass is 16.8. The first-order valence-electron chi connectivity index (χ1n) is 6.76. The monoisotopic (exact) mass is 264 g/mol. The van der Waals surface area contributed by atoms with Crippen LogP contribution in [0.5, 0.6) is 5.75 Å². The summed E-state index contributed by atoms with van der Waals surface area (Å²) in [5.41, 5.74) is 3.21. The Morgan fingerprint density at radius 3 is 2.16 bits per heavy atom. The first kappa shape index (κ1) is 14.4. The van der Waals surface area contributed by atoms with Gasteiger partial charge in [-0.25, -0.2) is 0 Å². The number of ether oxygens (including phenoxy) is 3. The smallest absolute Gasteiger partial charge is 0.163 e. The van der Waals surface area contributed by atoms with Crippen LogP contribution in [-0.2, 0) is 9.47 Å². The maximum Gasteiger partial charge on any atom is 0.163 e. The minimum Gasteiger partial charge on any atom is -0.490 e. The van der Waals surface area contributed by atoms with Crippen LogP contribution in [0.1, 0.15) is 37.5 Å². The van der Waals surface area contributed by atoms with E-state index in [-0.39, 0.29) is 5.60 Å². The van der Waals surface area contributed by atoms with Crippen molar-refractivity contribution in [3.8, 4) is 5.75 Å². The molecule has 0 bridgehead atoms. The molecule has 0 spiro atoms. The van der Waals surface area contributed by atoms with Gasteiger partial charge in [-0.3, -0.25) is 0 Å². The average Bonchev–Trinajstić information content (AvgIpc) is 2.51. The molecule has 106 valence electrons. The standard InChI is InChI=1S/C16H24O3/c1-11-7-12(2)14(13(3)8-11)17-9-16(6)10-18-15(4,5)19-16/h7-8H,9-10H2,1-6H3/t16-/m0/s1. The molecule has 0 saturated carbocycles. The number of benzene rings is 1. The maximum absolute atomic E-state index is 6.00. The summed E-state index contributed by atoms with van der Waals surface area (Å²) >= 11 is 0. The Morgan fingerprint density at radius 2 is 1.68 bits per heavy atom. The van der Waals surface area contributed by atoms with E-state index in [1.807, 2.05) is 20.8 Å². The summed E-state index contributed by atoms with van der Waals surface area (Å²) in [6.07, 6.45) is 0. The van der Waals surface area contributed by atoms with Crippen LogP contribution in [0.25, 0.3) is 0 Å². The fourth-order valence-electron chi connectivity index (χ4n) is 2.67. The molecule has 3 heteroatoms. The lowest BCUT2D eigenvalue weighted by Crippen LogP contribution is -2.37. The van der Waals surface area contributed by atoms with E-state index >= 15 is 0 Å². The highest BCUT2D eigenvalue weighted by Gasteiger charge is 2.42. The van der Waals surface area contributed by atoms with E-state index in [4.69, 9.17) is 14.2 Å². The van der Waals surface area contributed by atoms with Crippen LogP contribution in [-0.4, -0.2) is 24.6 Å². The molecule has 1 aromatic rings. The quantitative estimate of drug-likeness (QED) is 0.836. The van der Waals surface area contributed by atoms with Gasteiger partial charge in [0.2, 0.25) is 0 Å². The van der Waals surface area contributed by atoms with Crippen LogP contribution in [0.3, 0.4) is 0 Å². The molecule has 1 aliphatic rings. The molecule has 0 amide bonds. The van der Waals surface area contributed by atoms with Crippen molar-refractivity contribution in [2.75, 3.05) is 13.2 Å². The summed E-state index contributed by atoms with van der Waals surface area (Å²) < 4.78 is 17.5. The predicted molar refractivity (Wildman–Crippen MR) is 75.7 cm³/mol. The molecule has 1 aromatic carbocycles. The zero-order chi connectivity index (χ0) is 14.3. The molecule has 1 aliphatic heterocycles. The fraction of sp³-hybridized carbons (Fsp3) is 0.625. The van der Waals surface area contributed by atoms with Crippen molar-refractivity contribution in [3.63, 3.8) is 0 Å². The van der Waals surface area contributed by atoms with E-state index in [2.05, 4.69) is 32.9 Å². The molecule has 0 unspecified atom stereocenters. The topological polar surface area (TPSA) is 27.7 Å². The molecule has 1 fully saturated rings. The van der Waals surface area contributed by atoms with E-state index in [9.17, 15) is 0 Å². The summed E-state index contributed by atoms with van der Waals surface area (Å²) in [6, 6.07) is 4.28. The van der Waals surface area contributed by atoms with E-state index in [0.717, 1.165) is 5.75 Å². The van der Waals surface area contributed by atoms with Gasteiger partial charge in [0.1, 0.15) is 18.0 Å². The maximum atomic E-state index is 6.00. The van der Waals surface area contributed by atoms with Gasteiger partial charge in [0.05, 0.1) is 6.61 Å². The largest absolute Gasteiger partial charge is 0.490 e. The van der Waals surface area contributed by atoms with Crippen LogP contribution in [0.4, 0.5) is 0 Å². The van der Waals surface area contributed by atoms with Crippen LogP contribution in [0.2, 0.25) is 0 Å². The Kier molecular flexibility index (Phi) is 3.63. The molecule has 19 heavy (non-hydrogen) atoms. The molecule has 2 rings (SSSR count). The zero-order valence-electron chi connectivity index (χ0n) is 12.8. The molecule has 1 heterocycles. The van der Waals surface area contributed by atoms with Crippen molar-refractivity contribution in [1.29, 1.82) is 0 Å². The van der Waals surface area contributed by atoms with Gasteiger partial charge in [0.25, 0.3) is 0 Å². The zero-order valence-corrected chi connectivity index (χ0v) is 12.8. The Labute approximate surface area is 115 Å². The van der Waals surface area contributed by atoms with Crippen molar-refractivity contribution in [2.45, 2.75) is 52.9 Å². The van der Waals surface area contributed by atoms with Crippen LogP contribution in [0.15, 0.2) is 12.1 Å². The van der Waals surface area contributed by atoms with Crippen molar-refractivity contribution >= 4 is 0 Å². The lowest BCUT2D eigenvalue weighted by Gasteiger charge is -2.26. The fourth-order valence-corrected chi connectivity index (χ4v) is 2.67. The molecule has 0 aliphatic carbocycles. The second-order valence-corrected chi connectivity index (χ2v) is 6.26. The van der Waals surface area contributed by atoms with E-state index < -0.39 is 5.79 Å². The van der Waals surface area contributed by atoms with Crippen LogP contribution >= 0.6 is 0 Å². The SMILES string of the molecule is Cc1cc(C)c(OC[C@@]2(C)COC(C)(C)O2)c(C)c1. The van der Waals surface area contributed by atoms with Gasteiger partial charge in [-0.2, -0.15) is 0 Å². The number of hydrogen-bond donors (Lipinski definition) is 0. The predicted octanol–water partition coefficient (Wildman–Crippen LogP) is 3.53. The first-order valence-corrected chi connectivity index (χ1v) is 6.76. The third kappa shape index (κ3) is 3.28. The van der Waals surface area contributed by atoms with E-state index in [1.165, 1.54) is 16.7 Å². The van der Waals surface area contributed by atoms with Crippen molar-refractivity contribution in [2.24, 2.45) is 0 Å². The van der Waals surface area contributed by atoms with Gasteiger partial charge in [-0.1, -0.05) is 17.7 Å².